The maximum Gasteiger partial charge on any atom is 0.312 e. The zero-order valence-electron chi connectivity index (χ0n) is 11.7. The topological polar surface area (TPSA) is 46.5 Å². The third-order valence-corrected chi connectivity index (χ3v) is 2.96. The van der Waals surface area contributed by atoms with E-state index in [4.69, 9.17) is 4.74 Å². The van der Waals surface area contributed by atoms with Crippen LogP contribution in [0.5, 0.6) is 0 Å². The van der Waals surface area contributed by atoms with Gasteiger partial charge in [0.25, 0.3) is 0 Å². The zero-order chi connectivity index (χ0) is 14.0. The van der Waals surface area contributed by atoms with Crippen molar-refractivity contribution in [3.05, 3.63) is 35.9 Å². The number of aliphatic hydroxyl groups is 1. The van der Waals surface area contributed by atoms with Crippen molar-refractivity contribution >= 4 is 5.97 Å². The van der Waals surface area contributed by atoms with Crippen LogP contribution in [-0.2, 0) is 15.1 Å². The molecule has 18 heavy (non-hydrogen) atoms. The number of hydrogen-bond donors (Lipinski definition) is 1. The molecule has 0 heterocycles. The molecule has 0 saturated heterocycles. The molecule has 3 nitrogen and oxygen atoms in total. The van der Waals surface area contributed by atoms with Gasteiger partial charge in [0.05, 0.1) is 11.5 Å². The first-order valence-electron chi connectivity index (χ1n) is 6.15. The van der Waals surface area contributed by atoms with Crippen molar-refractivity contribution in [1.82, 2.24) is 0 Å². The second kappa shape index (κ2) is 5.11. The van der Waals surface area contributed by atoms with Crippen LogP contribution >= 0.6 is 0 Å². The minimum absolute atomic E-state index is 0.392. The van der Waals surface area contributed by atoms with Crippen molar-refractivity contribution in [3.8, 4) is 0 Å². The van der Waals surface area contributed by atoms with Crippen LogP contribution < -0.4 is 0 Å². The van der Waals surface area contributed by atoms with E-state index in [9.17, 15) is 9.90 Å². The van der Waals surface area contributed by atoms with E-state index in [0.717, 1.165) is 0 Å². The molecule has 0 spiro atoms. The second-order valence-corrected chi connectivity index (χ2v) is 5.77. The van der Waals surface area contributed by atoms with E-state index in [2.05, 4.69) is 0 Å². The van der Waals surface area contributed by atoms with Gasteiger partial charge in [-0.1, -0.05) is 30.3 Å². The molecule has 100 valence electrons. The van der Waals surface area contributed by atoms with Crippen LogP contribution in [0.15, 0.2) is 30.3 Å². The fourth-order valence-corrected chi connectivity index (χ4v) is 1.65. The molecule has 1 aromatic carbocycles. The molecule has 0 aliphatic heterocycles. The first kappa shape index (κ1) is 14.7. The predicted octanol–water partition coefficient (Wildman–Crippen LogP) is 2.87. The number of ether oxygens (including phenoxy) is 1. The van der Waals surface area contributed by atoms with Crippen molar-refractivity contribution in [1.29, 1.82) is 0 Å². The summed E-state index contributed by atoms with van der Waals surface area (Å²) in [5, 5.41) is 10.5. The summed E-state index contributed by atoms with van der Waals surface area (Å²) in [6.45, 7) is 8.76. The largest absolute Gasteiger partial charge is 0.460 e. The molecule has 0 amide bonds. The number of carbonyl (C=O) groups excluding carboxylic acids is 1. The average Bonchev–Trinajstić information content (AvgIpc) is 2.27. The molecule has 0 aliphatic rings. The van der Waals surface area contributed by atoms with E-state index in [0.29, 0.717) is 5.56 Å². The molecule has 2 atom stereocenters. The lowest BCUT2D eigenvalue weighted by molar-refractivity contribution is -0.168. The van der Waals surface area contributed by atoms with Crippen LogP contribution in [0.25, 0.3) is 0 Å². The fourth-order valence-electron chi connectivity index (χ4n) is 1.65. The van der Waals surface area contributed by atoms with Crippen LogP contribution in [0.4, 0.5) is 0 Å². The Labute approximate surface area is 109 Å². The molecule has 0 bridgehead atoms. The summed E-state index contributed by atoms with van der Waals surface area (Å²) in [4.78, 5) is 12.0. The van der Waals surface area contributed by atoms with Gasteiger partial charge in [-0.05, 0) is 40.2 Å². The standard InChI is InChI=1S/C15H22O3/c1-11(13(16)18-14(2,3)4)15(5,17)12-9-7-6-8-10-12/h6-11,17H,1-5H3. The Balaban J connectivity index is 2.89. The average molecular weight is 250 g/mol. The summed E-state index contributed by atoms with van der Waals surface area (Å²) in [7, 11) is 0. The predicted molar refractivity (Wildman–Crippen MR) is 71.0 cm³/mol. The molecule has 3 heteroatoms. The Morgan fingerprint density at radius 1 is 1.17 bits per heavy atom. The lowest BCUT2D eigenvalue weighted by Crippen LogP contribution is -2.39. The van der Waals surface area contributed by atoms with Gasteiger partial charge in [-0.15, -0.1) is 0 Å². The molecule has 0 fully saturated rings. The van der Waals surface area contributed by atoms with Crippen LogP contribution in [0.1, 0.15) is 40.2 Å². The van der Waals surface area contributed by atoms with Gasteiger partial charge in [-0.3, -0.25) is 4.79 Å². The minimum atomic E-state index is -1.23. The van der Waals surface area contributed by atoms with Gasteiger partial charge in [0.1, 0.15) is 5.60 Å². The van der Waals surface area contributed by atoms with Crippen molar-refractivity contribution in [2.24, 2.45) is 5.92 Å². The van der Waals surface area contributed by atoms with E-state index in [1.807, 2.05) is 39.0 Å². The SMILES string of the molecule is CC(C(=O)OC(C)(C)C)C(C)(O)c1ccccc1. The van der Waals surface area contributed by atoms with Crippen LogP contribution in [0, 0.1) is 5.92 Å². The molecule has 1 N–H and O–H groups in total. The van der Waals surface area contributed by atoms with E-state index < -0.39 is 23.1 Å². The number of carbonyl (C=O) groups is 1. The number of esters is 1. The lowest BCUT2D eigenvalue weighted by Gasteiger charge is -2.31. The molecule has 0 aliphatic carbocycles. The summed E-state index contributed by atoms with van der Waals surface area (Å²) in [5.41, 5.74) is -1.06. The Morgan fingerprint density at radius 3 is 2.11 bits per heavy atom. The van der Waals surface area contributed by atoms with Crippen molar-refractivity contribution < 1.29 is 14.6 Å². The van der Waals surface area contributed by atoms with Crippen molar-refractivity contribution in [3.63, 3.8) is 0 Å². The van der Waals surface area contributed by atoms with Gasteiger partial charge < -0.3 is 9.84 Å². The highest BCUT2D eigenvalue weighted by atomic mass is 16.6. The summed E-state index contributed by atoms with van der Waals surface area (Å²) in [6.07, 6.45) is 0. The van der Waals surface area contributed by atoms with Gasteiger partial charge in [-0.25, -0.2) is 0 Å². The highest BCUT2D eigenvalue weighted by Crippen LogP contribution is 2.30. The van der Waals surface area contributed by atoms with Crippen LogP contribution in [0.2, 0.25) is 0 Å². The van der Waals surface area contributed by atoms with E-state index in [-0.39, 0.29) is 0 Å². The first-order valence-corrected chi connectivity index (χ1v) is 6.15. The highest BCUT2D eigenvalue weighted by Gasteiger charge is 2.37. The molecular weight excluding hydrogens is 228 g/mol. The minimum Gasteiger partial charge on any atom is -0.460 e. The molecule has 1 rings (SSSR count). The van der Waals surface area contributed by atoms with E-state index >= 15 is 0 Å². The molecule has 0 saturated carbocycles. The Bertz CT molecular complexity index is 401. The Hall–Kier alpha value is -1.35. The van der Waals surface area contributed by atoms with Crippen LogP contribution in [0.3, 0.4) is 0 Å². The quantitative estimate of drug-likeness (QED) is 0.839. The fraction of sp³-hybridized carbons (Fsp3) is 0.533. The molecule has 2 unspecified atom stereocenters. The summed E-state index contributed by atoms with van der Waals surface area (Å²) >= 11 is 0. The monoisotopic (exact) mass is 250 g/mol. The highest BCUT2D eigenvalue weighted by molar-refractivity contribution is 5.74. The molecule has 0 radical (unpaired) electrons. The maximum atomic E-state index is 12.0. The van der Waals surface area contributed by atoms with Crippen LogP contribution in [-0.4, -0.2) is 16.7 Å². The third-order valence-electron chi connectivity index (χ3n) is 2.96. The molecule has 0 aromatic heterocycles. The molecule has 1 aromatic rings. The van der Waals surface area contributed by atoms with E-state index in [1.54, 1.807) is 26.0 Å². The van der Waals surface area contributed by atoms with Gasteiger partial charge in [0.2, 0.25) is 0 Å². The summed E-state index contributed by atoms with van der Waals surface area (Å²) in [5.74, 6) is -1.02. The number of hydrogen-bond acceptors (Lipinski definition) is 3. The van der Waals surface area contributed by atoms with E-state index in [1.165, 1.54) is 0 Å². The Kier molecular flexibility index (Phi) is 4.17. The Morgan fingerprint density at radius 2 is 1.67 bits per heavy atom. The second-order valence-electron chi connectivity index (χ2n) is 5.77. The molecular formula is C15H22O3. The summed E-state index contributed by atoms with van der Waals surface area (Å²) in [6, 6.07) is 9.16. The van der Waals surface area contributed by atoms with Crippen molar-refractivity contribution in [2.75, 3.05) is 0 Å². The summed E-state index contributed by atoms with van der Waals surface area (Å²) < 4.78 is 5.31. The van der Waals surface area contributed by atoms with Gasteiger partial charge in [-0.2, -0.15) is 0 Å². The third kappa shape index (κ3) is 3.57. The van der Waals surface area contributed by atoms with Gasteiger partial charge in [0.15, 0.2) is 0 Å². The number of benzene rings is 1. The van der Waals surface area contributed by atoms with Gasteiger partial charge >= 0.3 is 5.97 Å². The van der Waals surface area contributed by atoms with Crippen molar-refractivity contribution in [2.45, 2.75) is 45.8 Å². The normalized spacial score (nSPS) is 16.8. The number of rotatable bonds is 3. The first-order chi connectivity index (χ1) is 8.14. The lowest BCUT2D eigenvalue weighted by atomic mass is 9.84. The maximum absolute atomic E-state index is 12.0. The smallest absolute Gasteiger partial charge is 0.312 e. The van der Waals surface area contributed by atoms with Gasteiger partial charge in [0, 0.05) is 0 Å². The zero-order valence-corrected chi connectivity index (χ0v) is 11.7.